The zero-order valence-corrected chi connectivity index (χ0v) is 9.77. The zero-order chi connectivity index (χ0) is 12.6. The number of ether oxygens (including phenoxy) is 1. The summed E-state index contributed by atoms with van der Waals surface area (Å²) < 4.78 is 4.87. The Morgan fingerprint density at radius 2 is 1.69 bits per heavy atom. The molecule has 0 aliphatic heterocycles. The van der Waals surface area contributed by atoms with Gasteiger partial charge in [-0.2, -0.15) is 0 Å². The number of esters is 1. The summed E-state index contributed by atoms with van der Waals surface area (Å²) in [6.07, 6.45) is 1.58. The molecule has 0 aliphatic rings. The summed E-state index contributed by atoms with van der Waals surface area (Å²) in [6.45, 7) is 2.58. The van der Waals surface area contributed by atoms with E-state index in [2.05, 4.69) is 0 Å². The molecule has 0 aromatic heterocycles. The van der Waals surface area contributed by atoms with Crippen molar-refractivity contribution < 1.29 is 24.9 Å². The van der Waals surface area contributed by atoms with Crippen LogP contribution in [0.2, 0.25) is 0 Å². The van der Waals surface area contributed by atoms with Gasteiger partial charge in [0.1, 0.15) is 0 Å². The molecule has 0 spiro atoms. The van der Waals surface area contributed by atoms with Gasteiger partial charge in [0.2, 0.25) is 0 Å². The Bertz CT molecular complexity index is 230. The zero-order valence-electron chi connectivity index (χ0n) is 9.77. The molecule has 5 heteroatoms. The summed E-state index contributed by atoms with van der Waals surface area (Å²) in [4.78, 5) is 11.1. The molecular formula is C11H20O5. The van der Waals surface area contributed by atoms with Crippen molar-refractivity contribution in [3.63, 3.8) is 0 Å². The molecule has 0 unspecified atom stereocenters. The standard InChI is InChI=1S/C11H20O5/c1-9(2)5-10(15)16-4-3-11(6-12,7-13)8-14/h5,12-14H,3-4,6-8H2,1-2H3. The number of allylic oxidation sites excluding steroid dienone is 1. The third-order valence-corrected chi connectivity index (χ3v) is 2.29. The molecule has 0 aliphatic carbocycles. The molecule has 0 aromatic carbocycles. The molecule has 0 saturated carbocycles. The highest BCUT2D eigenvalue weighted by Gasteiger charge is 2.28. The second-order valence-corrected chi connectivity index (χ2v) is 4.11. The number of carbonyl (C=O) groups is 1. The molecule has 0 bridgehead atoms. The monoisotopic (exact) mass is 232 g/mol. The predicted octanol–water partition coefficient (Wildman–Crippen LogP) is -0.151. The Balaban J connectivity index is 4.05. The van der Waals surface area contributed by atoms with E-state index in [0.717, 1.165) is 5.57 Å². The van der Waals surface area contributed by atoms with Crippen molar-refractivity contribution in [1.82, 2.24) is 0 Å². The van der Waals surface area contributed by atoms with E-state index in [1.165, 1.54) is 6.08 Å². The second-order valence-electron chi connectivity index (χ2n) is 4.11. The number of hydrogen-bond donors (Lipinski definition) is 3. The van der Waals surface area contributed by atoms with E-state index in [1.807, 2.05) is 0 Å². The molecule has 94 valence electrons. The first kappa shape index (κ1) is 15.1. The minimum absolute atomic E-state index is 0.0598. The molecule has 3 N–H and O–H groups in total. The highest BCUT2D eigenvalue weighted by molar-refractivity contribution is 5.82. The lowest BCUT2D eigenvalue weighted by molar-refractivity contribution is -0.139. The van der Waals surface area contributed by atoms with Gasteiger partial charge < -0.3 is 20.1 Å². The van der Waals surface area contributed by atoms with Crippen LogP contribution in [0.5, 0.6) is 0 Å². The molecule has 0 radical (unpaired) electrons. The van der Waals surface area contributed by atoms with Crippen molar-refractivity contribution in [2.45, 2.75) is 20.3 Å². The van der Waals surface area contributed by atoms with Gasteiger partial charge in [-0.15, -0.1) is 0 Å². The van der Waals surface area contributed by atoms with Crippen molar-refractivity contribution in [1.29, 1.82) is 0 Å². The lowest BCUT2D eigenvalue weighted by Crippen LogP contribution is -2.35. The van der Waals surface area contributed by atoms with Gasteiger partial charge in [0, 0.05) is 11.5 Å². The summed E-state index contributed by atoms with van der Waals surface area (Å²) in [7, 11) is 0. The number of hydrogen-bond acceptors (Lipinski definition) is 5. The lowest BCUT2D eigenvalue weighted by Gasteiger charge is -2.26. The maximum Gasteiger partial charge on any atom is 0.330 e. The number of rotatable bonds is 7. The topological polar surface area (TPSA) is 87.0 Å². The molecule has 0 rings (SSSR count). The molecule has 0 amide bonds. The van der Waals surface area contributed by atoms with E-state index in [-0.39, 0.29) is 32.8 Å². The molecule has 5 nitrogen and oxygen atoms in total. The third-order valence-electron chi connectivity index (χ3n) is 2.29. The van der Waals surface area contributed by atoms with E-state index in [9.17, 15) is 4.79 Å². The smallest absolute Gasteiger partial charge is 0.330 e. The maximum atomic E-state index is 11.1. The molecule has 0 atom stereocenters. The first-order valence-electron chi connectivity index (χ1n) is 5.14. The lowest BCUT2D eigenvalue weighted by atomic mass is 9.88. The second kappa shape index (κ2) is 7.38. The Hall–Kier alpha value is -0.910. The van der Waals surface area contributed by atoms with E-state index >= 15 is 0 Å². The summed E-state index contributed by atoms with van der Waals surface area (Å²) in [6, 6.07) is 0. The summed E-state index contributed by atoms with van der Waals surface area (Å²) in [5.74, 6) is -0.456. The van der Waals surface area contributed by atoms with Crippen LogP contribution in [0.3, 0.4) is 0 Å². The van der Waals surface area contributed by atoms with Crippen molar-refractivity contribution in [3.05, 3.63) is 11.6 Å². The first-order chi connectivity index (χ1) is 7.49. The minimum Gasteiger partial charge on any atom is -0.463 e. The van der Waals surface area contributed by atoms with Gasteiger partial charge in [0.05, 0.1) is 26.4 Å². The fraction of sp³-hybridized carbons (Fsp3) is 0.727. The van der Waals surface area contributed by atoms with E-state index in [0.29, 0.717) is 0 Å². The summed E-state index contributed by atoms with van der Waals surface area (Å²) >= 11 is 0. The maximum absolute atomic E-state index is 11.1. The Morgan fingerprint density at radius 1 is 1.19 bits per heavy atom. The Morgan fingerprint density at radius 3 is 2.06 bits per heavy atom. The van der Waals surface area contributed by atoms with Gasteiger partial charge in [-0.1, -0.05) is 5.57 Å². The Labute approximate surface area is 95.4 Å². The van der Waals surface area contributed by atoms with Gasteiger partial charge in [-0.05, 0) is 20.3 Å². The fourth-order valence-corrected chi connectivity index (χ4v) is 1.03. The van der Waals surface area contributed by atoms with Crippen LogP contribution in [0, 0.1) is 5.41 Å². The quantitative estimate of drug-likeness (QED) is 0.420. The fourth-order valence-electron chi connectivity index (χ4n) is 1.03. The largest absolute Gasteiger partial charge is 0.463 e. The van der Waals surface area contributed by atoms with Crippen LogP contribution in [0.25, 0.3) is 0 Å². The van der Waals surface area contributed by atoms with Crippen molar-refractivity contribution in [2.75, 3.05) is 26.4 Å². The van der Waals surface area contributed by atoms with Crippen LogP contribution >= 0.6 is 0 Å². The normalized spacial score (nSPS) is 11.1. The van der Waals surface area contributed by atoms with Gasteiger partial charge >= 0.3 is 5.97 Å². The van der Waals surface area contributed by atoms with Crippen molar-refractivity contribution in [3.8, 4) is 0 Å². The SMILES string of the molecule is CC(C)=CC(=O)OCCC(CO)(CO)CO. The van der Waals surface area contributed by atoms with Gasteiger partial charge in [-0.25, -0.2) is 4.79 Å². The van der Waals surface area contributed by atoms with E-state index < -0.39 is 11.4 Å². The molecule has 0 aromatic rings. The predicted molar refractivity (Wildman–Crippen MR) is 58.7 cm³/mol. The van der Waals surface area contributed by atoms with E-state index in [4.69, 9.17) is 20.1 Å². The molecule has 0 fully saturated rings. The van der Waals surface area contributed by atoms with Gasteiger partial charge in [0.25, 0.3) is 0 Å². The van der Waals surface area contributed by atoms with Crippen LogP contribution in [0.15, 0.2) is 11.6 Å². The van der Waals surface area contributed by atoms with Crippen molar-refractivity contribution >= 4 is 5.97 Å². The number of aliphatic hydroxyl groups is 3. The highest BCUT2D eigenvalue weighted by Crippen LogP contribution is 2.19. The minimum atomic E-state index is -0.981. The average molecular weight is 232 g/mol. The highest BCUT2D eigenvalue weighted by atomic mass is 16.5. The van der Waals surface area contributed by atoms with E-state index in [1.54, 1.807) is 13.8 Å². The van der Waals surface area contributed by atoms with Crippen molar-refractivity contribution in [2.24, 2.45) is 5.41 Å². The molecule has 16 heavy (non-hydrogen) atoms. The third kappa shape index (κ3) is 5.25. The van der Waals surface area contributed by atoms with Crippen LogP contribution < -0.4 is 0 Å². The van der Waals surface area contributed by atoms with Crippen LogP contribution in [-0.2, 0) is 9.53 Å². The summed E-state index contributed by atoms with van der Waals surface area (Å²) in [5.41, 5.74) is -0.145. The Kier molecular flexibility index (Phi) is 6.96. The molecule has 0 saturated heterocycles. The molecular weight excluding hydrogens is 212 g/mol. The van der Waals surface area contributed by atoms with Gasteiger partial charge in [-0.3, -0.25) is 0 Å². The number of aliphatic hydroxyl groups excluding tert-OH is 3. The number of carbonyl (C=O) groups excluding carboxylic acids is 1. The van der Waals surface area contributed by atoms with Crippen LogP contribution in [0.1, 0.15) is 20.3 Å². The van der Waals surface area contributed by atoms with Gasteiger partial charge in [0.15, 0.2) is 0 Å². The average Bonchev–Trinajstić information content (AvgIpc) is 2.24. The summed E-state index contributed by atoms with van der Waals surface area (Å²) in [5, 5.41) is 27.0. The van der Waals surface area contributed by atoms with Crippen LogP contribution in [0.4, 0.5) is 0 Å². The van der Waals surface area contributed by atoms with Crippen LogP contribution in [-0.4, -0.2) is 47.7 Å². The molecule has 0 heterocycles. The first-order valence-corrected chi connectivity index (χ1v) is 5.14.